The third kappa shape index (κ3) is 3.23. The van der Waals surface area contributed by atoms with E-state index in [1.807, 2.05) is 0 Å². The summed E-state index contributed by atoms with van der Waals surface area (Å²) in [6.07, 6.45) is 2.17. The average molecular weight is 248 g/mol. The number of hydrogen-bond acceptors (Lipinski definition) is 2. The Morgan fingerprint density at radius 2 is 2.33 bits per heavy atom. The molecule has 1 aromatic heterocycles. The van der Waals surface area contributed by atoms with Gasteiger partial charge in [0.2, 0.25) is 0 Å². The van der Waals surface area contributed by atoms with Gasteiger partial charge in [-0.1, -0.05) is 29.8 Å². The van der Waals surface area contributed by atoms with Crippen LogP contribution in [0.2, 0.25) is 0 Å². The molecule has 0 saturated carbocycles. The molecule has 1 nitrogen and oxygen atoms in total. The van der Waals surface area contributed by atoms with Crippen molar-refractivity contribution >= 4 is 27.3 Å². The van der Waals surface area contributed by atoms with Gasteiger partial charge in [-0.25, -0.2) is 4.98 Å². The second-order valence-electron chi connectivity index (χ2n) is 3.27. The summed E-state index contributed by atoms with van der Waals surface area (Å²) in [5.41, 5.74) is 1.23. The minimum Gasteiger partial charge on any atom is -0.246 e. The Hall–Kier alpha value is 0.110. The van der Waals surface area contributed by atoms with Crippen molar-refractivity contribution in [3.63, 3.8) is 0 Å². The fourth-order valence-corrected chi connectivity index (χ4v) is 2.45. The Morgan fingerprint density at radius 1 is 1.58 bits per heavy atom. The van der Waals surface area contributed by atoms with Gasteiger partial charge in [0.05, 0.1) is 10.7 Å². The molecule has 0 N–H and O–H groups in total. The van der Waals surface area contributed by atoms with Crippen molar-refractivity contribution in [2.24, 2.45) is 5.92 Å². The summed E-state index contributed by atoms with van der Waals surface area (Å²) in [7, 11) is 0. The van der Waals surface area contributed by atoms with E-state index in [9.17, 15) is 0 Å². The van der Waals surface area contributed by atoms with E-state index in [1.54, 1.807) is 11.3 Å². The van der Waals surface area contributed by atoms with Crippen LogP contribution in [0.15, 0.2) is 5.38 Å². The highest BCUT2D eigenvalue weighted by molar-refractivity contribution is 9.09. The lowest BCUT2D eigenvalue weighted by atomic mass is 10.1. The molecule has 0 radical (unpaired) electrons. The Bertz CT molecular complexity index is 232. The van der Waals surface area contributed by atoms with E-state index in [0.29, 0.717) is 5.92 Å². The SMILES string of the molecule is CC(C)Cc1nc(CCBr)cs1. The first-order valence-corrected chi connectivity index (χ1v) is 6.21. The van der Waals surface area contributed by atoms with Crippen molar-refractivity contribution in [3.05, 3.63) is 16.1 Å². The summed E-state index contributed by atoms with van der Waals surface area (Å²) in [6, 6.07) is 0. The van der Waals surface area contributed by atoms with Gasteiger partial charge < -0.3 is 0 Å². The monoisotopic (exact) mass is 247 g/mol. The molecule has 0 aliphatic heterocycles. The first-order valence-electron chi connectivity index (χ1n) is 4.21. The van der Waals surface area contributed by atoms with Gasteiger partial charge in [0, 0.05) is 23.6 Å². The maximum atomic E-state index is 4.53. The molecule has 12 heavy (non-hydrogen) atoms. The van der Waals surface area contributed by atoms with Crippen molar-refractivity contribution < 1.29 is 0 Å². The Balaban J connectivity index is 2.52. The summed E-state index contributed by atoms with van der Waals surface area (Å²) in [5, 5.41) is 4.46. The molecule has 0 saturated heterocycles. The minimum atomic E-state index is 0.716. The number of aryl methyl sites for hydroxylation is 1. The van der Waals surface area contributed by atoms with Gasteiger partial charge in [0.15, 0.2) is 0 Å². The molecular weight excluding hydrogens is 234 g/mol. The zero-order valence-corrected chi connectivity index (χ0v) is 9.91. The molecule has 0 aliphatic rings. The largest absolute Gasteiger partial charge is 0.246 e. The van der Waals surface area contributed by atoms with E-state index < -0.39 is 0 Å². The van der Waals surface area contributed by atoms with Gasteiger partial charge in [-0.05, 0) is 5.92 Å². The van der Waals surface area contributed by atoms with Gasteiger partial charge >= 0.3 is 0 Å². The zero-order chi connectivity index (χ0) is 8.97. The minimum absolute atomic E-state index is 0.716. The lowest BCUT2D eigenvalue weighted by molar-refractivity contribution is 0.643. The van der Waals surface area contributed by atoms with Crippen LogP contribution in [0.4, 0.5) is 0 Å². The predicted octanol–water partition coefficient (Wildman–Crippen LogP) is 3.28. The highest BCUT2D eigenvalue weighted by Gasteiger charge is 2.03. The van der Waals surface area contributed by atoms with E-state index in [-0.39, 0.29) is 0 Å². The molecule has 1 heterocycles. The van der Waals surface area contributed by atoms with E-state index in [1.165, 1.54) is 10.7 Å². The van der Waals surface area contributed by atoms with E-state index in [2.05, 4.69) is 40.1 Å². The molecule has 1 rings (SSSR count). The number of nitrogens with zero attached hydrogens (tertiary/aromatic N) is 1. The van der Waals surface area contributed by atoms with Gasteiger partial charge in [-0.15, -0.1) is 11.3 Å². The van der Waals surface area contributed by atoms with Crippen LogP contribution in [0.5, 0.6) is 0 Å². The summed E-state index contributed by atoms with van der Waals surface area (Å²) >= 11 is 5.20. The lowest BCUT2D eigenvalue weighted by Gasteiger charge is -1.98. The average Bonchev–Trinajstić information content (AvgIpc) is 2.36. The van der Waals surface area contributed by atoms with E-state index in [4.69, 9.17) is 0 Å². The summed E-state index contributed by atoms with van der Waals surface area (Å²) in [6.45, 7) is 4.46. The third-order valence-electron chi connectivity index (χ3n) is 1.53. The molecule has 0 amide bonds. The van der Waals surface area contributed by atoms with E-state index >= 15 is 0 Å². The van der Waals surface area contributed by atoms with Crippen LogP contribution in [0.1, 0.15) is 24.5 Å². The predicted molar refractivity (Wildman–Crippen MR) is 58.2 cm³/mol. The fourth-order valence-electron chi connectivity index (χ4n) is 1.00. The first-order chi connectivity index (χ1) is 5.72. The van der Waals surface area contributed by atoms with Crippen molar-refractivity contribution in [2.45, 2.75) is 26.7 Å². The second kappa shape index (κ2) is 4.97. The molecular formula is C9H14BrNS. The second-order valence-corrected chi connectivity index (χ2v) is 5.01. The number of rotatable bonds is 4. The molecule has 0 bridgehead atoms. The normalized spacial score (nSPS) is 11.0. The highest BCUT2D eigenvalue weighted by Crippen LogP contribution is 2.14. The third-order valence-corrected chi connectivity index (χ3v) is 2.85. The van der Waals surface area contributed by atoms with Crippen LogP contribution >= 0.6 is 27.3 Å². The molecule has 0 unspecified atom stereocenters. The molecule has 0 spiro atoms. The van der Waals surface area contributed by atoms with Crippen LogP contribution in [0.25, 0.3) is 0 Å². The molecule has 68 valence electrons. The molecule has 0 atom stereocenters. The summed E-state index contributed by atoms with van der Waals surface area (Å²) in [5.74, 6) is 0.716. The van der Waals surface area contributed by atoms with Gasteiger partial charge in [0.25, 0.3) is 0 Å². The molecule has 0 aromatic carbocycles. The topological polar surface area (TPSA) is 12.9 Å². The number of aromatic nitrogens is 1. The maximum absolute atomic E-state index is 4.53. The summed E-state index contributed by atoms with van der Waals surface area (Å²) in [4.78, 5) is 4.53. The molecule has 0 fully saturated rings. The smallest absolute Gasteiger partial charge is 0.0930 e. The quantitative estimate of drug-likeness (QED) is 0.745. The highest BCUT2D eigenvalue weighted by atomic mass is 79.9. The number of hydrogen-bond donors (Lipinski definition) is 0. The van der Waals surface area contributed by atoms with Crippen molar-refractivity contribution in [2.75, 3.05) is 5.33 Å². The number of thiazole rings is 1. The fraction of sp³-hybridized carbons (Fsp3) is 0.667. The standard InChI is InChI=1S/C9H14BrNS/c1-7(2)5-9-11-8(3-4-10)6-12-9/h6-7H,3-5H2,1-2H3. The molecule has 0 aliphatic carbocycles. The van der Waals surface area contributed by atoms with Crippen molar-refractivity contribution in [3.8, 4) is 0 Å². The molecule has 3 heteroatoms. The van der Waals surface area contributed by atoms with Crippen LogP contribution < -0.4 is 0 Å². The molecule has 1 aromatic rings. The number of alkyl halides is 1. The van der Waals surface area contributed by atoms with Crippen molar-refractivity contribution in [1.29, 1.82) is 0 Å². The maximum Gasteiger partial charge on any atom is 0.0930 e. The lowest BCUT2D eigenvalue weighted by Crippen LogP contribution is -1.94. The van der Waals surface area contributed by atoms with Gasteiger partial charge in [-0.3, -0.25) is 0 Å². The Kier molecular flexibility index (Phi) is 4.22. The Morgan fingerprint density at radius 3 is 2.92 bits per heavy atom. The Labute approximate surface area is 86.3 Å². The van der Waals surface area contributed by atoms with Crippen LogP contribution in [0.3, 0.4) is 0 Å². The first kappa shape index (κ1) is 10.2. The van der Waals surface area contributed by atoms with Crippen LogP contribution in [0, 0.1) is 5.92 Å². The van der Waals surface area contributed by atoms with Crippen LogP contribution in [-0.2, 0) is 12.8 Å². The van der Waals surface area contributed by atoms with Gasteiger partial charge in [-0.2, -0.15) is 0 Å². The van der Waals surface area contributed by atoms with Crippen molar-refractivity contribution in [1.82, 2.24) is 4.98 Å². The summed E-state index contributed by atoms with van der Waals surface area (Å²) < 4.78 is 0. The van der Waals surface area contributed by atoms with E-state index in [0.717, 1.165) is 18.2 Å². The van der Waals surface area contributed by atoms with Crippen LogP contribution in [-0.4, -0.2) is 10.3 Å². The zero-order valence-electron chi connectivity index (χ0n) is 7.51. The van der Waals surface area contributed by atoms with Gasteiger partial charge in [0.1, 0.15) is 0 Å². The number of halogens is 1.